The summed E-state index contributed by atoms with van der Waals surface area (Å²) in [5.41, 5.74) is -1.70. The molecule has 0 spiro atoms. The van der Waals surface area contributed by atoms with Crippen molar-refractivity contribution in [1.29, 1.82) is 0 Å². The summed E-state index contributed by atoms with van der Waals surface area (Å²) in [5, 5.41) is 8.60. The Balaban J connectivity index is 2.39. The van der Waals surface area contributed by atoms with Gasteiger partial charge in [-0.25, -0.2) is 4.79 Å². The van der Waals surface area contributed by atoms with Crippen LogP contribution in [0, 0.1) is 0 Å². The zero-order chi connectivity index (χ0) is 16.1. The van der Waals surface area contributed by atoms with E-state index in [4.69, 9.17) is 9.52 Å². The number of carbonyl (C=O) groups is 1. The summed E-state index contributed by atoms with van der Waals surface area (Å²) in [6.45, 7) is 0. The molecule has 1 N–H and O–H groups in total. The molecular weight excluding hydrogens is 301 g/mol. The van der Waals surface area contributed by atoms with Crippen LogP contribution in [0.3, 0.4) is 0 Å². The van der Waals surface area contributed by atoms with Gasteiger partial charge in [0.15, 0.2) is 0 Å². The second kappa shape index (κ2) is 4.59. The van der Waals surface area contributed by atoms with Gasteiger partial charge >= 0.3 is 12.1 Å². The molecule has 0 saturated carbocycles. The highest BCUT2D eigenvalue weighted by atomic mass is 19.4. The molecule has 7 heteroatoms. The van der Waals surface area contributed by atoms with Gasteiger partial charge in [-0.15, -0.1) is 0 Å². The third-order valence-corrected chi connectivity index (χ3v) is 3.24. The van der Waals surface area contributed by atoms with Gasteiger partial charge in [-0.3, -0.25) is 4.79 Å². The van der Waals surface area contributed by atoms with Crippen LogP contribution >= 0.6 is 0 Å². The molecule has 3 aromatic rings. The fourth-order valence-corrected chi connectivity index (χ4v) is 2.17. The molecule has 0 aliphatic heterocycles. The average Bonchev–Trinajstić information content (AvgIpc) is 2.45. The Morgan fingerprint density at radius 3 is 2.18 bits per heavy atom. The van der Waals surface area contributed by atoms with Crippen LogP contribution in [-0.4, -0.2) is 11.1 Å². The first kappa shape index (κ1) is 14.1. The van der Waals surface area contributed by atoms with Crippen LogP contribution in [0.15, 0.2) is 45.6 Å². The maximum Gasteiger partial charge on any atom is 0.416 e. The zero-order valence-electron chi connectivity index (χ0n) is 10.8. The summed E-state index contributed by atoms with van der Waals surface area (Å²) in [6, 6.07) is 6.24. The van der Waals surface area contributed by atoms with Crippen LogP contribution < -0.4 is 5.43 Å². The van der Waals surface area contributed by atoms with E-state index in [2.05, 4.69) is 0 Å². The molecule has 0 aliphatic carbocycles. The molecule has 0 aliphatic rings. The van der Waals surface area contributed by atoms with E-state index in [9.17, 15) is 22.8 Å². The molecule has 0 unspecified atom stereocenters. The van der Waals surface area contributed by atoms with Crippen LogP contribution in [0.1, 0.15) is 15.9 Å². The Morgan fingerprint density at radius 1 is 1.00 bits per heavy atom. The van der Waals surface area contributed by atoms with E-state index in [1.165, 1.54) is 12.1 Å². The van der Waals surface area contributed by atoms with Crippen LogP contribution in [0.5, 0.6) is 0 Å². The standard InChI is InChI=1S/C15H7F3O4/c16-15(17,18)8-2-4-12-10(6-8)13(19)9-5-7(14(20)21)1-3-11(9)22-12/h1-6H,(H,20,21). The molecule has 2 aromatic carbocycles. The molecule has 0 fully saturated rings. The predicted octanol–water partition coefficient (Wildman–Crippen LogP) is 3.66. The second-order valence-electron chi connectivity index (χ2n) is 4.66. The van der Waals surface area contributed by atoms with Crippen molar-refractivity contribution in [2.75, 3.05) is 0 Å². The predicted molar refractivity (Wildman–Crippen MR) is 72.0 cm³/mol. The first-order valence-electron chi connectivity index (χ1n) is 6.08. The minimum Gasteiger partial charge on any atom is -0.478 e. The number of hydrogen-bond donors (Lipinski definition) is 1. The van der Waals surface area contributed by atoms with Crippen LogP contribution in [0.2, 0.25) is 0 Å². The molecule has 4 nitrogen and oxygen atoms in total. The van der Waals surface area contributed by atoms with Crippen molar-refractivity contribution in [3.63, 3.8) is 0 Å². The minimum absolute atomic E-state index is 0.00794. The lowest BCUT2D eigenvalue weighted by molar-refractivity contribution is -0.137. The largest absolute Gasteiger partial charge is 0.478 e. The van der Waals surface area contributed by atoms with E-state index in [-0.39, 0.29) is 27.5 Å². The first-order chi connectivity index (χ1) is 10.3. The van der Waals surface area contributed by atoms with Gasteiger partial charge in [0, 0.05) is 0 Å². The average molecular weight is 308 g/mol. The molecule has 1 heterocycles. The van der Waals surface area contributed by atoms with Gasteiger partial charge < -0.3 is 9.52 Å². The number of carboxylic acids is 1. The quantitative estimate of drug-likeness (QED) is 0.697. The number of halogens is 3. The maximum absolute atomic E-state index is 12.7. The van der Waals surface area contributed by atoms with Crippen molar-refractivity contribution in [3.8, 4) is 0 Å². The Morgan fingerprint density at radius 2 is 1.59 bits per heavy atom. The number of fused-ring (bicyclic) bond motifs is 2. The van der Waals surface area contributed by atoms with Crippen molar-refractivity contribution >= 4 is 27.9 Å². The highest BCUT2D eigenvalue weighted by Crippen LogP contribution is 2.31. The molecule has 0 bridgehead atoms. The van der Waals surface area contributed by atoms with Crippen molar-refractivity contribution in [2.45, 2.75) is 6.18 Å². The summed E-state index contributed by atoms with van der Waals surface area (Å²) in [6.07, 6.45) is -4.58. The molecule has 0 amide bonds. The Labute approximate surface area is 120 Å². The second-order valence-corrected chi connectivity index (χ2v) is 4.66. The number of alkyl halides is 3. The molecule has 3 rings (SSSR count). The lowest BCUT2D eigenvalue weighted by atomic mass is 10.1. The van der Waals surface area contributed by atoms with Crippen molar-refractivity contribution in [3.05, 3.63) is 57.7 Å². The number of hydrogen-bond acceptors (Lipinski definition) is 3. The fourth-order valence-electron chi connectivity index (χ4n) is 2.17. The number of benzene rings is 2. The Hall–Kier alpha value is -2.83. The lowest BCUT2D eigenvalue weighted by Gasteiger charge is -2.08. The molecule has 0 radical (unpaired) electrons. The van der Waals surface area contributed by atoms with Gasteiger partial charge in [0.25, 0.3) is 0 Å². The molecule has 0 saturated heterocycles. The van der Waals surface area contributed by atoms with E-state index in [1.54, 1.807) is 0 Å². The highest BCUT2D eigenvalue weighted by Gasteiger charge is 2.31. The van der Waals surface area contributed by atoms with Gasteiger partial charge in [0.05, 0.1) is 21.9 Å². The summed E-state index contributed by atoms with van der Waals surface area (Å²) >= 11 is 0. The van der Waals surface area contributed by atoms with Gasteiger partial charge in [-0.2, -0.15) is 13.2 Å². The molecule has 1 aromatic heterocycles. The molecule has 112 valence electrons. The van der Waals surface area contributed by atoms with Crippen LogP contribution in [0.25, 0.3) is 21.9 Å². The van der Waals surface area contributed by atoms with Crippen LogP contribution in [-0.2, 0) is 6.18 Å². The summed E-state index contributed by atoms with van der Waals surface area (Å²) < 4.78 is 43.5. The van der Waals surface area contributed by atoms with E-state index < -0.39 is 23.1 Å². The topological polar surface area (TPSA) is 67.5 Å². The van der Waals surface area contributed by atoms with Gasteiger partial charge in [0.2, 0.25) is 5.43 Å². The van der Waals surface area contributed by atoms with E-state index >= 15 is 0 Å². The summed E-state index contributed by atoms with van der Waals surface area (Å²) in [4.78, 5) is 23.2. The smallest absolute Gasteiger partial charge is 0.416 e. The summed E-state index contributed by atoms with van der Waals surface area (Å²) in [7, 11) is 0. The number of carboxylic acid groups (broad SMARTS) is 1. The number of aromatic carboxylic acids is 1. The third kappa shape index (κ3) is 2.20. The number of rotatable bonds is 1. The zero-order valence-corrected chi connectivity index (χ0v) is 10.8. The SMILES string of the molecule is O=C(O)c1ccc2oc3ccc(C(F)(F)F)cc3c(=O)c2c1. The molecule has 22 heavy (non-hydrogen) atoms. The van der Waals surface area contributed by atoms with Gasteiger partial charge in [-0.1, -0.05) is 0 Å². The molecule has 0 atom stereocenters. The van der Waals surface area contributed by atoms with Crippen molar-refractivity contribution < 1.29 is 27.5 Å². The van der Waals surface area contributed by atoms with Crippen LogP contribution in [0.4, 0.5) is 13.2 Å². The van der Waals surface area contributed by atoms with Crippen molar-refractivity contribution in [2.24, 2.45) is 0 Å². The fraction of sp³-hybridized carbons (Fsp3) is 0.0667. The highest BCUT2D eigenvalue weighted by molar-refractivity contribution is 5.96. The summed E-state index contributed by atoms with van der Waals surface area (Å²) in [5.74, 6) is -1.24. The van der Waals surface area contributed by atoms with Crippen molar-refractivity contribution in [1.82, 2.24) is 0 Å². The molecular formula is C15H7F3O4. The normalized spacial score (nSPS) is 12.0. The van der Waals surface area contributed by atoms with Gasteiger partial charge in [-0.05, 0) is 36.4 Å². The van der Waals surface area contributed by atoms with E-state index in [0.29, 0.717) is 6.07 Å². The van der Waals surface area contributed by atoms with E-state index in [1.807, 2.05) is 0 Å². The first-order valence-corrected chi connectivity index (χ1v) is 6.08. The maximum atomic E-state index is 12.7. The minimum atomic E-state index is -4.58. The lowest BCUT2D eigenvalue weighted by Crippen LogP contribution is -2.08. The third-order valence-electron chi connectivity index (χ3n) is 3.24. The Kier molecular flexibility index (Phi) is 2.94. The van der Waals surface area contributed by atoms with E-state index in [0.717, 1.165) is 18.2 Å². The van der Waals surface area contributed by atoms with Gasteiger partial charge in [0.1, 0.15) is 11.2 Å². The Bertz CT molecular complexity index is 970. The monoisotopic (exact) mass is 308 g/mol.